The highest BCUT2D eigenvalue weighted by Crippen LogP contribution is 2.44. The molecule has 1 saturated carbocycles. The van der Waals surface area contributed by atoms with Crippen LogP contribution in [0.2, 0.25) is 0 Å². The minimum absolute atomic E-state index is 0.350. The van der Waals surface area contributed by atoms with Crippen molar-refractivity contribution in [2.45, 2.75) is 64.2 Å². The summed E-state index contributed by atoms with van der Waals surface area (Å²) in [4.78, 5) is 0. The van der Waals surface area contributed by atoms with Crippen molar-refractivity contribution in [2.75, 3.05) is 0 Å². The van der Waals surface area contributed by atoms with Gasteiger partial charge in [-0.3, -0.25) is 0 Å². The van der Waals surface area contributed by atoms with Crippen LogP contribution in [-0.2, 0) is 0 Å². The van der Waals surface area contributed by atoms with E-state index in [1.54, 1.807) is 0 Å². The minimum Gasteiger partial charge on any atom is -0.508 e. The number of phenols is 2. The van der Waals surface area contributed by atoms with Crippen LogP contribution in [0.5, 0.6) is 11.5 Å². The van der Waals surface area contributed by atoms with Crippen LogP contribution in [-0.4, -0.2) is 10.2 Å². The van der Waals surface area contributed by atoms with Crippen molar-refractivity contribution < 1.29 is 10.2 Å². The van der Waals surface area contributed by atoms with Gasteiger partial charge in [0.1, 0.15) is 11.5 Å². The summed E-state index contributed by atoms with van der Waals surface area (Å²) in [6.07, 6.45) is 7.42. The SMILES string of the molecule is CCC(C)CC(c1ccc(O)cc1)C1CCC(c2ccc(O)cc2)CC1. The van der Waals surface area contributed by atoms with E-state index in [1.165, 1.54) is 49.7 Å². The van der Waals surface area contributed by atoms with Crippen LogP contribution in [0.1, 0.15) is 75.3 Å². The zero-order valence-electron chi connectivity index (χ0n) is 16.1. The van der Waals surface area contributed by atoms with Gasteiger partial charge < -0.3 is 10.2 Å². The average molecular weight is 353 g/mol. The summed E-state index contributed by atoms with van der Waals surface area (Å²) in [5.74, 6) is 3.36. The molecule has 26 heavy (non-hydrogen) atoms. The second-order valence-corrected chi connectivity index (χ2v) is 8.15. The van der Waals surface area contributed by atoms with Crippen molar-refractivity contribution in [1.29, 1.82) is 0 Å². The summed E-state index contributed by atoms with van der Waals surface area (Å²) in [5, 5.41) is 19.1. The van der Waals surface area contributed by atoms with Gasteiger partial charge in [0.05, 0.1) is 0 Å². The van der Waals surface area contributed by atoms with Crippen LogP contribution in [0.25, 0.3) is 0 Å². The summed E-state index contributed by atoms with van der Waals surface area (Å²) < 4.78 is 0. The molecular formula is C24H32O2. The van der Waals surface area contributed by atoms with Gasteiger partial charge in [0.25, 0.3) is 0 Å². The molecule has 0 aromatic heterocycles. The Balaban J connectivity index is 1.70. The molecule has 2 atom stereocenters. The van der Waals surface area contributed by atoms with Crippen LogP contribution in [0.15, 0.2) is 48.5 Å². The summed E-state index contributed by atoms with van der Waals surface area (Å²) in [5.41, 5.74) is 2.75. The Labute approximate surface area is 157 Å². The second kappa shape index (κ2) is 8.62. The molecule has 1 aliphatic rings. The lowest BCUT2D eigenvalue weighted by atomic mass is 9.69. The highest BCUT2D eigenvalue weighted by atomic mass is 16.3. The Morgan fingerprint density at radius 1 is 0.846 bits per heavy atom. The van der Waals surface area contributed by atoms with Crippen LogP contribution >= 0.6 is 0 Å². The van der Waals surface area contributed by atoms with Crippen molar-refractivity contribution in [3.05, 3.63) is 59.7 Å². The number of benzene rings is 2. The molecule has 2 N–H and O–H groups in total. The standard InChI is InChI=1S/C24H32O2/c1-3-17(2)16-24(21-10-14-23(26)15-11-21)20-6-4-18(5-7-20)19-8-12-22(25)13-9-19/h8-15,17-18,20,24-26H,3-7,16H2,1-2H3. The van der Waals surface area contributed by atoms with E-state index in [1.807, 2.05) is 24.3 Å². The van der Waals surface area contributed by atoms with E-state index >= 15 is 0 Å². The van der Waals surface area contributed by atoms with Crippen molar-refractivity contribution in [1.82, 2.24) is 0 Å². The maximum atomic E-state index is 9.64. The smallest absolute Gasteiger partial charge is 0.115 e. The molecule has 0 spiro atoms. The first-order chi connectivity index (χ1) is 12.6. The van der Waals surface area contributed by atoms with Crippen LogP contribution < -0.4 is 0 Å². The third-order valence-electron chi connectivity index (χ3n) is 6.38. The minimum atomic E-state index is 0.350. The lowest BCUT2D eigenvalue weighted by Crippen LogP contribution is -2.21. The molecule has 2 heteroatoms. The molecule has 2 nitrogen and oxygen atoms in total. The molecule has 0 radical (unpaired) electrons. The molecular weight excluding hydrogens is 320 g/mol. The molecule has 2 aromatic rings. The molecule has 0 amide bonds. The van der Waals surface area contributed by atoms with Gasteiger partial charge in [0.2, 0.25) is 0 Å². The number of hydrogen-bond acceptors (Lipinski definition) is 2. The van der Waals surface area contributed by atoms with E-state index in [-0.39, 0.29) is 0 Å². The molecule has 0 aliphatic heterocycles. The second-order valence-electron chi connectivity index (χ2n) is 8.15. The Bertz CT molecular complexity index is 666. The molecule has 2 aromatic carbocycles. The van der Waals surface area contributed by atoms with Crippen molar-refractivity contribution >= 4 is 0 Å². The van der Waals surface area contributed by atoms with Crippen molar-refractivity contribution in [3.63, 3.8) is 0 Å². The summed E-state index contributed by atoms with van der Waals surface area (Å²) >= 11 is 0. The summed E-state index contributed by atoms with van der Waals surface area (Å²) in [6, 6.07) is 15.7. The average Bonchev–Trinajstić information content (AvgIpc) is 2.67. The molecule has 2 unspecified atom stereocenters. The monoisotopic (exact) mass is 352 g/mol. The first-order valence-electron chi connectivity index (χ1n) is 10.1. The molecule has 3 rings (SSSR count). The van der Waals surface area contributed by atoms with E-state index in [9.17, 15) is 10.2 Å². The molecule has 140 valence electrons. The molecule has 0 saturated heterocycles. The first-order valence-corrected chi connectivity index (χ1v) is 10.1. The van der Waals surface area contributed by atoms with Crippen LogP contribution in [0, 0.1) is 11.8 Å². The normalized spacial score (nSPS) is 22.7. The number of phenolic OH excluding ortho intramolecular Hbond substituents is 2. The largest absolute Gasteiger partial charge is 0.508 e. The summed E-state index contributed by atoms with van der Waals surface area (Å²) in [7, 11) is 0. The predicted octanol–water partition coefficient (Wildman–Crippen LogP) is 6.59. The number of rotatable bonds is 6. The highest BCUT2D eigenvalue weighted by Gasteiger charge is 2.30. The number of hydrogen-bond donors (Lipinski definition) is 2. The third-order valence-corrected chi connectivity index (χ3v) is 6.38. The van der Waals surface area contributed by atoms with Crippen molar-refractivity contribution in [2.24, 2.45) is 11.8 Å². The fourth-order valence-electron chi connectivity index (χ4n) is 4.52. The molecule has 0 heterocycles. The van der Waals surface area contributed by atoms with Gasteiger partial charge in [-0.05, 0) is 91.2 Å². The Morgan fingerprint density at radius 3 is 1.92 bits per heavy atom. The van der Waals surface area contributed by atoms with E-state index in [4.69, 9.17) is 0 Å². The topological polar surface area (TPSA) is 40.5 Å². The van der Waals surface area contributed by atoms with E-state index in [0.717, 1.165) is 11.8 Å². The number of aromatic hydroxyl groups is 2. The Kier molecular flexibility index (Phi) is 6.24. The van der Waals surface area contributed by atoms with Gasteiger partial charge in [-0.15, -0.1) is 0 Å². The van der Waals surface area contributed by atoms with Gasteiger partial charge in [0, 0.05) is 0 Å². The zero-order chi connectivity index (χ0) is 18.5. The lowest BCUT2D eigenvalue weighted by molar-refractivity contribution is 0.253. The van der Waals surface area contributed by atoms with Gasteiger partial charge in [-0.25, -0.2) is 0 Å². The lowest BCUT2D eigenvalue weighted by Gasteiger charge is -2.35. The van der Waals surface area contributed by atoms with Crippen molar-refractivity contribution in [3.8, 4) is 11.5 Å². The molecule has 0 bridgehead atoms. The molecule has 1 fully saturated rings. The van der Waals surface area contributed by atoms with E-state index in [2.05, 4.69) is 38.1 Å². The zero-order valence-corrected chi connectivity index (χ0v) is 16.1. The van der Waals surface area contributed by atoms with E-state index < -0.39 is 0 Å². The van der Waals surface area contributed by atoms with Crippen LogP contribution in [0.4, 0.5) is 0 Å². The Morgan fingerprint density at radius 2 is 1.38 bits per heavy atom. The maximum Gasteiger partial charge on any atom is 0.115 e. The maximum absolute atomic E-state index is 9.64. The third kappa shape index (κ3) is 4.60. The van der Waals surface area contributed by atoms with Gasteiger partial charge in [-0.1, -0.05) is 44.5 Å². The van der Waals surface area contributed by atoms with Gasteiger partial charge >= 0.3 is 0 Å². The van der Waals surface area contributed by atoms with Crippen LogP contribution in [0.3, 0.4) is 0 Å². The summed E-state index contributed by atoms with van der Waals surface area (Å²) in [6.45, 7) is 4.63. The fourth-order valence-corrected chi connectivity index (χ4v) is 4.52. The quantitative estimate of drug-likeness (QED) is 0.615. The van der Waals surface area contributed by atoms with Gasteiger partial charge in [0.15, 0.2) is 0 Å². The first kappa shape index (κ1) is 18.8. The van der Waals surface area contributed by atoms with Gasteiger partial charge in [-0.2, -0.15) is 0 Å². The Hall–Kier alpha value is -1.96. The highest BCUT2D eigenvalue weighted by molar-refractivity contribution is 5.30. The fraction of sp³-hybridized carbons (Fsp3) is 0.500. The van der Waals surface area contributed by atoms with E-state index in [0.29, 0.717) is 23.3 Å². The predicted molar refractivity (Wildman–Crippen MR) is 108 cm³/mol. The molecule has 1 aliphatic carbocycles.